The number of likely N-dealkylation sites (N-methyl/N-ethyl adjacent to an activating group) is 1. The SMILES string of the molecule is CCN1C2CCC1CN(Cc1ccc(Nc3ncc(F)c(-c4cc(F)c5nc(C)n(C(C)C)c5c4)n3)nc1)C2. The highest BCUT2D eigenvalue weighted by molar-refractivity contribution is 5.83. The molecule has 204 valence electrons. The molecule has 1 N–H and O–H groups in total. The van der Waals surface area contributed by atoms with Crippen molar-refractivity contribution < 1.29 is 8.78 Å². The molecule has 39 heavy (non-hydrogen) atoms. The van der Waals surface area contributed by atoms with Gasteiger partial charge in [-0.15, -0.1) is 0 Å². The number of pyridine rings is 1. The Hall–Kier alpha value is -3.50. The van der Waals surface area contributed by atoms with Gasteiger partial charge in [-0.1, -0.05) is 13.0 Å². The zero-order chi connectivity index (χ0) is 27.3. The molecule has 2 saturated heterocycles. The van der Waals surface area contributed by atoms with E-state index in [1.165, 1.54) is 18.9 Å². The highest BCUT2D eigenvalue weighted by atomic mass is 19.1. The van der Waals surface area contributed by atoms with Crippen LogP contribution in [0.15, 0.2) is 36.7 Å². The second kappa shape index (κ2) is 10.2. The number of hydrogen-bond acceptors (Lipinski definition) is 7. The Morgan fingerprint density at radius 1 is 1.00 bits per heavy atom. The average molecular weight is 533 g/mol. The smallest absolute Gasteiger partial charge is 0.229 e. The Bertz CT molecular complexity index is 1490. The molecule has 5 heterocycles. The predicted molar refractivity (Wildman–Crippen MR) is 148 cm³/mol. The summed E-state index contributed by atoms with van der Waals surface area (Å²) >= 11 is 0. The summed E-state index contributed by atoms with van der Waals surface area (Å²) in [5, 5.41) is 3.06. The van der Waals surface area contributed by atoms with Crippen LogP contribution in [0.1, 0.15) is 51.0 Å². The first-order chi connectivity index (χ1) is 18.8. The van der Waals surface area contributed by atoms with Crippen LogP contribution in [-0.4, -0.2) is 66.0 Å². The summed E-state index contributed by atoms with van der Waals surface area (Å²) in [6.07, 6.45) is 5.53. The second-order valence-electron chi connectivity index (χ2n) is 10.9. The minimum absolute atomic E-state index is 0.0138. The molecule has 0 radical (unpaired) electrons. The zero-order valence-corrected chi connectivity index (χ0v) is 22.8. The average Bonchev–Trinajstić information content (AvgIpc) is 3.38. The van der Waals surface area contributed by atoms with Crippen LogP contribution in [-0.2, 0) is 6.54 Å². The highest BCUT2D eigenvalue weighted by Gasteiger charge is 2.38. The van der Waals surface area contributed by atoms with Crippen LogP contribution in [0.5, 0.6) is 0 Å². The number of likely N-dealkylation sites (tertiary alicyclic amines) is 1. The third-order valence-electron chi connectivity index (χ3n) is 8.00. The quantitative estimate of drug-likeness (QED) is 0.338. The van der Waals surface area contributed by atoms with Crippen LogP contribution >= 0.6 is 0 Å². The number of rotatable bonds is 7. The van der Waals surface area contributed by atoms with Crippen molar-refractivity contribution in [2.45, 2.75) is 65.2 Å². The number of benzene rings is 1. The Labute approximate surface area is 227 Å². The normalized spacial score (nSPS) is 19.9. The van der Waals surface area contributed by atoms with Gasteiger partial charge in [0.25, 0.3) is 0 Å². The largest absolute Gasteiger partial charge is 0.326 e. The highest BCUT2D eigenvalue weighted by Crippen LogP contribution is 2.32. The first kappa shape index (κ1) is 25.8. The van der Waals surface area contributed by atoms with E-state index in [4.69, 9.17) is 0 Å². The van der Waals surface area contributed by atoms with Crippen molar-refractivity contribution in [1.29, 1.82) is 0 Å². The molecule has 1 aromatic carbocycles. The number of anilines is 2. The molecule has 8 nitrogen and oxygen atoms in total. The van der Waals surface area contributed by atoms with Gasteiger partial charge in [0.2, 0.25) is 5.95 Å². The lowest BCUT2D eigenvalue weighted by atomic mass is 10.1. The third kappa shape index (κ3) is 4.87. The number of nitrogens with zero attached hydrogens (tertiary/aromatic N) is 7. The maximum absolute atomic E-state index is 15.0. The topological polar surface area (TPSA) is 75.0 Å². The lowest BCUT2D eigenvalue weighted by molar-refractivity contribution is 0.0669. The van der Waals surface area contributed by atoms with E-state index in [1.807, 2.05) is 43.7 Å². The number of aromatic nitrogens is 5. The lowest BCUT2D eigenvalue weighted by Crippen LogP contribution is -2.53. The van der Waals surface area contributed by atoms with Crippen molar-refractivity contribution in [2.75, 3.05) is 25.0 Å². The van der Waals surface area contributed by atoms with Gasteiger partial charge in [-0.3, -0.25) is 9.80 Å². The number of imidazole rings is 1. The molecular formula is C29H34F2N8. The van der Waals surface area contributed by atoms with Gasteiger partial charge >= 0.3 is 0 Å². The zero-order valence-electron chi connectivity index (χ0n) is 22.8. The fraction of sp³-hybridized carbons (Fsp3) is 0.448. The summed E-state index contributed by atoms with van der Waals surface area (Å²) in [7, 11) is 0. The molecule has 2 aliphatic heterocycles. The molecule has 0 spiro atoms. The number of fused-ring (bicyclic) bond motifs is 3. The first-order valence-electron chi connectivity index (χ1n) is 13.7. The van der Waals surface area contributed by atoms with Crippen molar-refractivity contribution in [2.24, 2.45) is 0 Å². The fourth-order valence-corrected chi connectivity index (χ4v) is 6.37. The van der Waals surface area contributed by atoms with Gasteiger partial charge in [-0.2, -0.15) is 0 Å². The molecule has 2 fully saturated rings. The number of hydrogen-bond donors (Lipinski definition) is 1. The van der Waals surface area contributed by atoms with Gasteiger partial charge in [0.15, 0.2) is 11.6 Å². The van der Waals surface area contributed by atoms with Gasteiger partial charge in [0.05, 0.1) is 11.7 Å². The van der Waals surface area contributed by atoms with E-state index in [-0.39, 0.29) is 23.2 Å². The molecular weight excluding hydrogens is 498 g/mol. The molecule has 0 saturated carbocycles. The monoisotopic (exact) mass is 532 g/mol. The molecule has 0 aliphatic carbocycles. The Morgan fingerprint density at radius 3 is 2.44 bits per heavy atom. The summed E-state index contributed by atoms with van der Waals surface area (Å²) in [5.41, 5.74) is 2.35. The molecule has 4 aromatic rings. The molecule has 2 aliphatic rings. The van der Waals surface area contributed by atoms with Gasteiger partial charge in [0, 0.05) is 49.5 Å². The molecule has 2 atom stereocenters. The van der Waals surface area contributed by atoms with E-state index in [0.29, 0.717) is 34.8 Å². The van der Waals surface area contributed by atoms with Crippen LogP contribution < -0.4 is 5.32 Å². The summed E-state index contributed by atoms with van der Waals surface area (Å²) in [6, 6.07) is 8.33. The van der Waals surface area contributed by atoms with Crippen molar-refractivity contribution >= 4 is 22.8 Å². The minimum atomic E-state index is -0.632. The fourth-order valence-electron chi connectivity index (χ4n) is 6.37. The predicted octanol–water partition coefficient (Wildman–Crippen LogP) is 5.47. The Morgan fingerprint density at radius 2 is 1.77 bits per heavy atom. The van der Waals surface area contributed by atoms with E-state index in [0.717, 1.165) is 37.9 Å². The molecule has 3 aromatic heterocycles. The molecule has 6 rings (SSSR count). The summed E-state index contributed by atoms with van der Waals surface area (Å²) in [4.78, 5) is 22.5. The van der Waals surface area contributed by atoms with Crippen LogP contribution in [0.4, 0.5) is 20.5 Å². The van der Waals surface area contributed by atoms with Crippen molar-refractivity contribution in [3.05, 3.63) is 59.7 Å². The Kier molecular flexibility index (Phi) is 6.76. The number of nitrogens with one attached hydrogen (secondary N) is 1. The van der Waals surface area contributed by atoms with Crippen molar-refractivity contribution in [1.82, 2.24) is 34.3 Å². The molecule has 10 heteroatoms. The third-order valence-corrected chi connectivity index (χ3v) is 8.00. The number of piperazine rings is 1. The van der Waals surface area contributed by atoms with Gasteiger partial charge in [-0.05, 0) is 63.9 Å². The standard InChI is InChI=1S/C29H34F2N8/c1-5-38-21-7-8-22(38)16-37(15-21)14-19-6-9-26(32-12-19)35-29-33-13-24(31)27(36-29)20-10-23(30)28-25(11-20)39(17(2)3)18(4)34-28/h6,9-13,17,21-22H,5,7-8,14-16H2,1-4H3,(H,32,33,35,36). The maximum atomic E-state index is 15.0. The first-order valence-corrected chi connectivity index (χ1v) is 13.7. The van der Waals surface area contributed by atoms with Crippen molar-refractivity contribution in [3.8, 4) is 11.3 Å². The maximum Gasteiger partial charge on any atom is 0.229 e. The van der Waals surface area contributed by atoms with E-state index >= 15 is 0 Å². The van der Waals surface area contributed by atoms with Gasteiger partial charge < -0.3 is 9.88 Å². The lowest BCUT2D eigenvalue weighted by Gasteiger charge is -2.40. The van der Waals surface area contributed by atoms with Gasteiger partial charge in [-0.25, -0.2) is 28.7 Å². The molecule has 2 bridgehead atoms. The summed E-state index contributed by atoms with van der Waals surface area (Å²) < 4.78 is 31.8. The van der Waals surface area contributed by atoms with E-state index in [9.17, 15) is 8.78 Å². The van der Waals surface area contributed by atoms with Crippen LogP contribution in [0.2, 0.25) is 0 Å². The second-order valence-corrected chi connectivity index (χ2v) is 10.9. The van der Waals surface area contributed by atoms with E-state index in [2.05, 4.69) is 42.0 Å². The van der Waals surface area contributed by atoms with E-state index in [1.54, 1.807) is 6.07 Å². The van der Waals surface area contributed by atoms with Gasteiger partial charge in [0.1, 0.15) is 22.9 Å². The Balaban J connectivity index is 1.20. The molecule has 2 unspecified atom stereocenters. The molecule has 0 amide bonds. The summed E-state index contributed by atoms with van der Waals surface area (Å²) in [6.45, 7) is 12.3. The van der Waals surface area contributed by atoms with E-state index < -0.39 is 11.6 Å². The van der Waals surface area contributed by atoms with Crippen LogP contribution in [0, 0.1) is 18.6 Å². The van der Waals surface area contributed by atoms with Crippen LogP contribution in [0.3, 0.4) is 0 Å². The van der Waals surface area contributed by atoms with Crippen molar-refractivity contribution in [3.63, 3.8) is 0 Å². The summed E-state index contributed by atoms with van der Waals surface area (Å²) in [5.74, 6) is 0.299. The number of halogens is 2. The van der Waals surface area contributed by atoms with Crippen LogP contribution in [0.25, 0.3) is 22.3 Å². The minimum Gasteiger partial charge on any atom is -0.326 e. The number of aryl methyl sites for hydroxylation is 1.